The summed E-state index contributed by atoms with van der Waals surface area (Å²) in [6, 6.07) is 0. The lowest BCUT2D eigenvalue weighted by Crippen LogP contribution is -2.51. The van der Waals surface area contributed by atoms with Gasteiger partial charge in [-0.3, -0.25) is 4.79 Å². The molecule has 0 atom stereocenters. The molecular formula is C8H12N4O4. The van der Waals surface area contributed by atoms with Crippen LogP contribution in [0.2, 0.25) is 0 Å². The fourth-order valence-electron chi connectivity index (χ4n) is 0.900. The van der Waals surface area contributed by atoms with E-state index in [1.165, 1.54) is 20.9 Å². The molecule has 1 rings (SSSR count). The summed E-state index contributed by atoms with van der Waals surface area (Å²) in [5.41, 5.74) is 3.77. The average molecular weight is 228 g/mol. The maximum absolute atomic E-state index is 11.8. The molecule has 0 bridgehead atoms. The smallest absolute Gasteiger partial charge is 0.329 e. The highest BCUT2D eigenvalue weighted by molar-refractivity contribution is 5.98. The second-order valence-corrected chi connectivity index (χ2v) is 3.73. The highest BCUT2D eigenvalue weighted by Gasteiger charge is 2.37. The Morgan fingerprint density at radius 3 is 2.38 bits per heavy atom. The van der Waals surface area contributed by atoms with E-state index in [1.807, 2.05) is 0 Å². The summed E-state index contributed by atoms with van der Waals surface area (Å²) in [5.74, 6) is -1.97. The minimum atomic E-state index is -1.37. The molecule has 0 aliphatic heterocycles. The lowest BCUT2D eigenvalue weighted by Gasteiger charge is -2.30. The van der Waals surface area contributed by atoms with Crippen molar-refractivity contribution in [1.82, 2.24) is 15.2 Å². The minimum Gasteiger partial charge on any atom is -0.480 e. The number of carbonyl (C=O) groups is 2. The molecule has 0 aromatic carbocycles. The molecule has 8 heteroatoms. The van der Waals surface area contributed by atoms with Gasteiger partial charge in [0.1, 0.15) is 5.54 Å². The topological polar surface area (TPSA) is 123 Å². The molecule has 16 heavy (non-hydrogen) atoms. The van der Waals surface area contributed by atoms with Crippen LogP contribution in [0.3, 0.4) is 0 Å². The van der Waals surface area contributed by atoms with Gasteiger partial charge in [0, 0.05) is 7.05 Å². The lowest BCUT2D eigenvalue weighted by molar-refractivity contribution is -0.147. The molecule has 0 fully saturated rings. The molecule has 0 radical (unpaired) electrons. The van der Waals surface area contributed by atoms with Gasteiger partial charge in [-0.05, 0) is 24.2 Å². The summed E-state index contributed by atoms with van der Waals surface area (Å²) in [6.45, 7) is 2.77. The van der Waals surface area contributed by atoms with E-state index in [4.69, 9.17) is 10.8 Å². The van der Waals surface area contributed by atoms with Crippen molar-refractivity contribution in [2.75, 3.05) is 12.8 Å². The van der Waals surface area contributed by atoms with Crippen molar-refractivity contribution in [2.24, 2.45) is 0 Å². The predicted molar refractivity (Wildman–Crippen MR) is 52.5 cm³/mol. The van der Waals surface area contributed by atoms with E-state index in [0.717, 1.165) is 4.90 Å². The zero-order valence-corrected chi connectivity index (χ0v) is 9.09. The highest BCUT2D eigenvalue weighted by atomic mass is 16.6. The van der Waals surface area contributed by atoms with E-state index in [-0.39, 0.29) is 11.5 Å². The van der Waals surface area contributed by atoms with Crippen LogP contribution in [0, 0.1) is 0 Å². The normalized spacial score (nSPS) is 11.2. The molecule has 1 aromatic rings. The van der Waals surface area contributed by atoms with Crippen molar-refractivity contribution in [1.29, 1.82) is 0 Å². The molecule has 88 valence electrons. The molecule has 0 saturated carbocycles. The van der Waals surface area contributed by atoms with E-state index in [0.29, 0.717) is 0 Å². The largest absolute Gasteiger partial charge is 0.480 e. The van der Waals surface area contributed by atoms with Gasteiger partial charge in [-0.1, -0.05) is 0 Å². The molecule has 3 N–H and O–H groups in total. The first-order valence-electron chi connectivity index (χ1n) is 4.38. The number of carboxylic acid groups (broad SMARTS) is 1. The number of nitrogens with two attached hydrogens (primary N) is 1. The number of anilines is 1. The number of hydrogen-bond donors (Lipinski definition) is 2. The maximum Gasteiger partial charge on any atom is 0.329 e. The number of likely N-dealkylation sites (N-methyl/N-ethyl adjacent to an activating group) is 1. The van der Waals surface area contributed by atoms with Gasteiger partial charge in [0.2, 0.25) is 11.5 Å². The molecule has 0 aliphatic rings. The summed E-state index contributed by atoms with van der Waals surface area (Å²) in [7, 11) is 1.34. The fraction of sp³-hybridized carbons (Fsp3) is 0.500. The minimum absolute atomic E-state index is 0.168. The van der Waals surface area contributed by atoms with E-state index >= 15 is 0 Å². The maximum atomic E-state index is 11.8. The van der Waals surface area contributed by atoms with Crippen molar-refractivity contribution in [3.8, 4) is 0 Å². The molecule has 0 unspecified atom stereocenters. The van der Waals surface area contributed by atoms with Crippen LogP contribution in [-0.4, -0.2) is 44.8 Å². The molecule has 0 saturated heterocycles. The summed E-state index contributed by atoms with van der Waals surface area (Å²) in [5, 5.41) is 15.5. The number of aliphatic carboxylic acids is 1. The van der Waals surface area contributed by atoms with Crippen LogP contribution >= 0.6 is 0 Å². The third-order valence-corrected chi connectivity index (χ3v) is 2.38. The Kier molecular flexibility index (Phi) is 2.84. The number of aromatic nitrogens is 2. The second-order valence-electron chi connectivity index (χ2n) is 3.73. The van der Waals surface area contributed by atoms with Gasteiger partial charge in [-0.25, -0.2) is 9.42 Å². The quantitative estimate of drug-likeness (QED) is 0.720. The molecule has 1 amide bonds. The Morgan fingerprint density at radius 1 is 1.44 bits per heavy atom. The molecule has 0 aliphatic carbocycles. The molecule has 1 aromatic heterocycles. The molecule has 8 nitrogen and oxygen atoms in total. The Labute approximate surface area is 91.0 Å². The van der Waals surface area contributed by atoms with Crippen molar-refractivity contribution < 1.29 is 19.3 Å². The van der Waals surface area contributed by atoms with Gasteiger partial charge in [0.15, 0.2) is 0 Å². The summed E-state index contributed by atoms with van der Waals surface area (Å²) in [6.07, 6.45) is 0. The number of carboxylic acids is 1. The van der Waals surface area contributed by atoms with Crippen LogP contribution in [0.25, 0.3) is 0 Å². The molecule has 0 spiro atoms. The van der Waals surface area contributed by atoms with E-state index in [9.17, 15) is 9.59 Å². The summed E-state index contributed by atoms with van der Waals surface area (Å²) < 4.78 is 4.27. The lowest BCUT2D eigenvalue weighted by atomic mass is 10.0. The Balaban J connectivity index is 3.00. The van der Waals surface area contributed by atoms with Gasteiger partial charge in [-0.15, -0.1) is 0 Å². The zero-order valence-electron chi connectivity index (χ0n) is 9.09. The molecular weight excluding hydrogens is 216 g/mol. The van der Waals surface area contributed by atoms with Gasteiger partial charge in [0.25, 0.3) is 5.91 Å². The Morgan fingerprint density at radius 2 is 2.00 bits per heavy atom. The number of amides is 1. The predicted octanol–water partition coefficient (Wildman–Crippen LogP) is -0.413. The van der Waals surface area contributed by atoms with Gasteiger partial charge in [0.05, 0.1) is 0 Å². The Bertz CT molecular complexity index is 425. The third-order valence-electron chi connectivity index (χ3n) is 2.38. The average Bonchev–Trinajstić information content (AvgIpc) is 2.61. The zero-order chi connectivity index (χ0) is 12.5. The number of carbonyl (C=O) groups excluding carboxylic acids is 1. The van der Waals surface area contributed by atoms with Crippen molar-refractivity contribution in [3.05, 3.63) is 5.69 Å². The van der Waals surface area contributed by atoms with E-state index < -0.39 is 17.4 Å². The van der Waals surface area contributed by atoms with Crippen molar-refractivity contribution >= 4 is 17.7 Å². The second kappa shape index (κ2) is 3.80. The summed E-state index contributed by atoms with van der Waals surface area (Å²) >= 11 is 0. The summed E-state index contributed by atoms with van der Waals surface area (Å²) in [4.78, 5) is 23.7. The number of hydrogen-bond acceptors (Lipinski definition) is 6. The van der Waals surface area contributed by atoms with E-state index in [1.54, 1.807) is 0 Å². The number of rotatable bonds is 3. The van der Waals surface area contributed by atoms with Crippen molar-refractivity contribution in [2.45, 2.75) is 19.4 Å². The molecule has 1 heterocycles. The van der Waals surface area contributed by atoms with Gasteiger partial charge < -0.3 is 15.7 Å². The Hall–Kier alpha value is -2.12. The van der Waals surface area contributed by atoms with Crippen molar-refractivity contribution in [3.63, 3.8) is 0 Å². The SMILES string of the molecule is CN(C(=O)c1nonc1N)C(C)(C)C(=O)O. The van der Waals surface area contributed by atoms with Crippen LogP contribution in [0.1, 0.15) is 24.3 Å². The van der Waals surface area contributed by atoms with E-state index in [2.05, 4.69) is 14.9 Å². The standard InChI is InChI=1S/C8H12N4O4/c1-8(2,7(14)15)12(3)6(13)4-5(9)11-16-10-4/h1-3H3,(H2,9,11)(H,14,15). The fourth-order valence-corrected chi connectivity index (χ4v) is 0.900. The third kappa shape index (κ3) is 1.81. The van der Waals surface area contributed by atoms with Crippen LogP contribution in [0.15, 0.2) is 4.63 Å². The highest BCUT2D eigenvalue weighted by Crippen LogP contribution is 2.17. The first-order valence-corrected chi connectivity index (χ1v) is 4.38. The van der Waals surface area contributed by atoms with Crippen LogP contribution < -0.4 is 5.73 Å². The van der Waals surface area contributed by atoms with Crippen LogP contribution in [0.5, 0.6) is 0 Å². The van der Waals surface area contributed by atoms with Gasteiger partial charge in [-0.2, -0.15) is 0 Å². The van der Waals surface area contributed by atoms with Crippen LogP contribution in [-0.2, 0) is 4.79 Å². The van der Waals surface area contributed by atoms with Crippen LogP contribution in [0.4, 0.5) is 5.82 Å². The number of nitrogen functional groups attached to an aromatic ring is 1. The monoisotopic (exact) mass is 228 g/mol. The van der Waals surface area contributed by atoms with Gasteiger partial charge >= 0.3 is 5.97 Å². The first-order chi connectivity index (χ1) is 7.28. The number of nitrogens with zero attached hydrogens (tertiary/aromatic N) is 3. The first kappa shape index (κ1) is 12.0.